The second kappa shape index (κ2) is 12.7. The van der Waals surface area contributed by atoms with Crippen LogP contribution >= 0.6 is 7.67 Å². The highest BCUT2D eigenvalue weighted by Gasteiger charge is 2.54. The molecular weight excluding hydrogens is 617 g/mol. The van der Waals surface area contributed by atoms with Crippen molar-refractivity contribution in [3.05, 3.63) is 48.8 Å². The van der Waals surface area contributed by atoms with Crippen LogP contribution in [0.2, 0.25) is 0 Å². The van der Waals surface area contributed by atoms with Gasteiger partial charge in [0.05, 0.1) is 32.3 Å². The number of imidazole rings is 1. The Hall–Kier alpha value is -3.85. The van der Waals surface area contributed by atoms with Crippen LogP contribution in [-0.4, -0.2) is 79.9 Å². The van der Waals surface area contributed by atoms with Crippen LogP contribution in [0.15, 0.2) is 48.8 Å². The van der Waals surface area contributed by atoms with Crippen molar-refractivity contribution < 1.29 is 38.3 Å². The largest absolute Gasteiger partial charge is 0.479 e. The normalized spacial score (nSPS) is 23.7. The molecule has 6 atom stereocenters. The second-order valence-electron chi connectivity index (χ2n) is 12.6. The van der Waals surface area contributed by atoms with Crippen LogP contribution in [0.25, 0.3) is 21.9 Å². The monoisotopic (exact) mass is 657 g/mol. The van der Waals surface area contributed by atoms with Crippen LogP contribution in [0.4, 0.5) is 11.6 Å². The van der Waals surface area contributed by atoms with Crippen molar-refractivity contribution in [3.8, 4) is 5.88 Å². The molecule has 1 saturated heterocycles. The third kappa shape index (κ3) is 6.94. The first kappa shape index (κ1) is 33.5. The number of nitrogens with one attached hydrogen (secondary N) is 2. The maximum Gasteiger partial charge on any atom is 0.366 e. The summed E-state index contributed by atoms with van der Waals surface area (Å²) in [5.41, 5.74) is 4.66. The molecule has 2 aromatic carbocycles. The number of fused-ring (bicyclic) bond motifs is 2. The molecule has 0 radical (unpaired) electrons. The van der Waals surface area contributed by atoms with Gasteiger partial charge in [-0.2, -0.15) is 9.97 Å². The van der Waals surface area contributed by atoms with E-state index in [4.69, 9.17) is 24.5 Å². The molecule has 1 aliphatic rings. The zero-order valence-corrected chi connectivity index (χ0v) is 27.4. The molecule has 0 bridgehead atoms. The average Bonchev–Trinajstić information content (AvgIpc) is 3.51. The van der Waals surface area contributed by atoms with E-state index in [-0.39, 0.29) is 35.0 Å². The molecule has 5 rings (SSSR count). The van der Waals surface area contributed by atoms with Crippen molar-refractivity contribution in [3.63, 3.8) is 0 Å². The number of esters is 1. The third-order valence-corrected chi connectivity index (χ3v) is 9.23. The molecule has 1 fully saturated rings. The number of ether oxygens (including phenoxy) is 3. The first-order valence-corrected chi connectivity index (χ1v) is 16.3. The van der Waals surface area contributed by atoms with Gasteiger partial charge < -0.3 is 35.2 Å². The minimum Gasteiger partial charge on any atom is -0.479 e. The summed E-state index contributed by atoms with van der Waals surface area (Å²) in [5.74, 6) is -0.589. The van der Waals surface area contributed by atoms with E-state index in [0.717, 1.165) is 10.8 Å². The summed E-state index contributed by atoms with van der Waals surface area (Å²) in [5, 5.41) is 30.0. The summed E-state index contributed by atoms with van der Waals surface area (Å²) in [6, 6.07) is 11.9. The molecule has 15 nitrogen and oxygen atoms in total. The summed E-state index contributed by atoms with van der Waals surface area (Å²) in [7, 11) is -2.72. The van der Waals surface area contributed by atoms with E-state index >= 15 is 0 Å². The number of hydrogen-bond acceptors (Lipinski definition) is 12. The van der Waals surface area contributed by atoms with Gasteiger partial charge in [-0.05, 0) is 30.7 Å². The lowest BCUT2D eigenvalue weighted by atomic mass is 9.96. The van der Waals surface area contributed by atoms with Crippen molar-refractivity contribution in [2.75, 3.05) is 31.1 Å². The number of rotatable bonds is 11. The Kier molecular flexibility index (Phi) is 9.28. The fraction of sp³-hybridized carbons (Fsp3) is 0.467. The quantitative estimate of drug-likeness (QED) is 0.116. The predicted molar refractivity (Wildman–Crippen MR) is 171 cm³/mol. The van der Waals surface area contributed by atoms with Crippen LogP contribution in [0.5, 0.6) is 5.88 Å². The molecule has 0 saturated carbocycles. The summed E-state index contributed by atoms with van der Waals surface area (Å²) in [4.78, 5) is 25.4. The number of carbonyl (C=O) groups is 1. The van der Waals surface area contributed by atoms with Crippen LogP contribution in [0.3, 0.4) is 0 Å². The fourth-order valence-corrected chi connectivity index (χ4v) is 6.77. The number of nitrogen functional groups attached to an aromatic ring is 1. The number of nitrogens with two attached hydrogens (primary N) is 1. The van der Waals surface area contributed by atoms with Gasteiger partial charge in [0.15, 0.2) is 17.4 Å². The molecule has 248 valence electrons. The van der Waals surface area contributed by atoms with Crippen molar-refractivity contribution in [2.45, 2.75) is 64.7 Å². The highest BCUT2D eigenvalue weighted by molar-refractivity contribution is 7.58. The van der Waals surface area contributed by atoms with Crippen LogP contribution in [-0.2, 0) is 23.4 Å². The number of aliphatic hydroxyl groups excluding tert-OH is 1. The van der Waals surface area contributed by atoms with E-state index in [2.05, 4.69) is 25.1 Å². The summed E-state index contributed by atoms with van der Waals surface area (Å²) in [6.45, 7) is 8.38. The van der Waals surface area contributed by atoms with Crippen molar-refractivity contribution in [1.82, 2.24) is 24.6 Å². The number of anilines is 2. The lowest BCUT2D eigenvalue weighted by Crippen LogP contribution is -2.44. The van der Waals surface area contributed by atoms with Gasteiger partial charge in [0.1, 0.15) is 23.9 Å². The van der Waals surface area contributed by atoms with Gasteiger partial charge in [0.2, 0.25) is 11.8 Å². The van der Waals surface area contributed by atoms with E-state index < -0.39 is 50.3 Å². The standard InChI is InChI=1S/C30H40N7O8P/c1-17(26(39)43-15-29(2,3)4)35-46(41,36-20-13-9-11-18-10-7-8-12-19(18)20)44-14-21-23(38)30(5,40)27(45-21)37-16-32-22-24(37)33-28(31)34-25(22)42-6/h7-13,16-17,21,23,27,38,40H,14-15H2,1-6H3,(H2,31,33,34)(H2,35,36,41)/t17-,21+,23+,27?,30+,46?/m0/s1. The minimum absolute atomic E-state index is 0.0918. The molecule has 0 aliphatic carbocycles. The average molecular weight is 658 g/mol. The molecule has 6 N–H and O–H groups in total. The lowest BCUT2D eigenvalue weighted by Gasteiger charge is -2.28. The van der Waals surface area contributed by atoms with Crippen molar-refractivity contribution >= 4 is 47.2 Å². The lowest BCUT2D eigenvalue weighted by molar-refractivity contribution is -0.148. The Morgan fingerprint density at radius 1 is 1.22 bits per heavy atom. The number of hydrogen-bond donors (Lipinski definition) is 5. The SMILES string of the molecule is COc1nc(N)nc2c1ncn2C1O[C@H](COP(=O)(Nc2cccc3ccccc23)N[C@@H](C)C(=O)OCC(C)(C)C)[C@@H](O)[C@@]1(C)O. The van der Waals surface area contributed by atoms with E-state index in [9.17, 15) is 19.6 Å². The summed E-state index contributed by atoms with van der Waals surface area (Å²) >= 11 is 0. The van der Waals surface area contributed by atoms with Gasteiger partial charge in [-0.25, -0.2) is 14.6 Å². The maximum atomic E-state index is 14.4. The molecule has 2 aromatic heterocycles. The van der Waals surface area contributed by atoms with E-state index in [1.54, 1.807) is 12.1 Å². The zero-order valence-electron chi connectivity index (χ0n) is 26.5. The highest BCUT2D eigenvalue weighted by Crippen LogP contribution is 2.47. The van der Waals surface area contributed by atoms with Gasteiger partial charge in [-0.3, -0.25) is 13.9 Å². The van der Waals surface area contributed by atoms with Gasteiger partial charge >= 0.3 is 13.6 Å². The number of aromatic nitrogens is 4. The maximum absolute atomic E-state index is 14.4. The first-order valence-electron chi connectivity index (χ1n) is 14.7. The highest BCUT2D eigenvalue weighted by atomic mass is 31.2. The third-order valence-electron chi connectivity index (χ3n) is 7.45. The molecule has 0 spiro atoms. The fourth-order valence-electron chi connectivity index (χ4n) is 5.08. The Labute approximate surface area is 266 Å². The van der Waals surface area contributed by atoms with E-state index in [1.165, 1.54) is 31.9 Å². The smallest absolute Gasteiger partial charge is 0.366 e. The predicted octanol–water partition coefficient (Wildman–Crippen LogP) is 3.38. The number of methoxy groups -OCH3 is 1. The van der Waals surface area contributed by atoms with Crippen molar-refractivity contribution in [2.24, 2.45) is 5.41 Å². The van der Waals surface area contributed by atoms with Crippen molar-refractivity contribution in [1.29, 1.82) is 0 Å². The molecule has 1 aliphatic heterocycles. The molecule has 16 heteroatoms. The molecular formula is C30H40N7O8P. The van der Waals surface area contributed by atoms with E-state index in [1.807, 2.05) is 51.1 Å². The van der Waals surface area contributed by atoms with Crippen LogP contribution in [0, 0.1) is 5.41 Å². The summed E-state index contributed by atoms with van der Waals surface area (Å²) in [6.07, 6.45) is -2.53. The topological polar surface area (TPSA) is 205 Å². The molecule has 4 aromatic rings. The Balaban J connectivity index is 1.40. The Morgan fingerprint density at radius 2 is 1.93 bits per heavy atom. The number of benzene rings is 2. The van der Waals surface area contributed by atoms with Crippen LogP contribution < -0.4 is 20.6 Å². The Morgan fingerprint density at radius 3 is 2.65 bits per heavy atom. The zero-order chi connectivity index (χ0) is 33.4. The van der Waals surface area contributed by atoms with Gasteiger partial charge in [-0.1, -0.05) is 57.2 Å². The molecule has 0 amide bonds. The van der Waals surface area contributed by atoms with Gasteiger partial charge in [-0.15, -0.1) is 0 Å². The molecule has 2 unspecified atom stereocenters. The second-order valence-corrected chi connectivity index (χ2v) is 14.5. The minimum atomic E-state index is -4.12. The first-order chi connectivity index (χ1) is 21.6. The molecule has 3 heterocycles. The molecule has 46 heavy (non-hydrogen) atoms. The summed E-state index contributed by atoms with van der Waals surface area (Å²) < 4.78 is 38.6. The number of nitrogens with zero attached hydrogens (tertiary/aromatic N) is 4. The van der Waals surface area contributed by atoms with Gasteiger partial charge in [0, 0.05) is 5.39 Å². The van der Waals surface area contributed by atoms with Gasteiger partial charge in [0.25, 0.3) is 0 Å². The Bertz CT molecular complexity index is 1770. The van der Waals surface area contributed by atoms with Crippen LogP contribution in [0.1, 0.15) is 40.8 Å². The number of carbonyl (C=O) groups excluding carboxylic acids is 1. The van der Waals surface area contributed by atoms with E-state index in [0.29, 0.717) is 5.69 Å². The number of aliphatic hydroxyl groups is 2.